The van der Waals surface area contributed by atoms with Crippen molar-refractivity contribution in [3.63, 3.8) is 0 Å². The van der Waals surface area contributed by atoms with Gasteiger partial charge in [-0.2, -0.15) is 0 Å². The van der Waals surface area contributed by atoms with Crippen LogP contribution in [0.25, 0.3) is 0 Å². The van der Waals surface area contributed by atoms with E-state index >= 15 is 0 Å². The molecule has 1 unspecified atom stereocenters. The third-order valence-corrected chi connectivity index (χ3v) is 12.1. The number of benzene rings is 2. The Balaban J connectivity index is 2.30. The van der Waals surface area contributed by atoms with Crippen molar-refractivity contribution in [3.05, 3.63) is 65.7 Å². The van der Waals surface area contributed by atoms with Crippen LogP contribution in [0.3, 0.4) is 0 Å². The average molecular weight is 440 g/mol. The number of ketones is 1. The number of hydrogen-bond donors (Lipinski definition) is 0. The van der Waals surface area contributed by atoms with E-state index in [1.165, 1.54) is 5.56 Å². The van der Waals surface area contributed by atoms with Gasteiger partial charge in [0.2, 0.25) is 0 Å². The van der Waals surface area contributed by atoms with E-state index in [-0.39, 0.29) is 10.8 Å². The number of Topliss-reactive ketones (excluding diaryl/α,β-unsaturated/α-hetero) is 1. The number of carbonyl (C=O) groups is 1. The fourth-order valence-electron chi connectivity index (χ4n) is 4.04. The molecule has 170 valence electrons. The van der Waals surface area contributed by atoms with E-state index in [4.69, 9.17) is 4.43 Å². The minimum Gasteiger partial charge on any atom is -0.543 e. The Morgan fingerprint density at radius 1 is 1.00 bits per heavy atom. The Labute approximate surface area is 191 Å². The molecule has 1 atom stereocenters. The van der Waals surface area contributed by atoms with Gasteiger partial charge >= 0.3 is 0 Å². The third kappa shape index (κ3) is 5.29. The second-order valence-corrected chi connectivity index (χ2v) is 14.8. The van der Waals surface area contributed by atoms with Gasteiger partial charge in [-0.25, -0.2) is 0 Å². The van der Waals surface area contributed by atoms with Crippen molar-refractivity contribution >= 4 is 14.1 Å². The van der Waals surface area contributed by atoms with Gasteiger partial charge in [-0.05, 0) is 80.8 Å². The Kier molecular flexibility index (Phi) is 7.93. The predicted molar refractivity (Wildman–Crippen MR) is 135 cm³/mol. The van der Waals surface area contributed by atoms with Crippen LogP contribution in [-0.4, -0.2) is 38.6 Å². The van der Waals surface area contributed by atoms with Crippen LogP contribution in [0, 0.1) is 5.92 Å². The van der Waals surface area contributed by atoms with Gasteiger partial charge in [-0.1, -0.05) is 65.0 Å². The smallest absolute Gasteiger partial charge is 0.251 e. The van der Waals surface area contributed by atoms with Crippen LogP contribution in [0.15, 0.2) is 54.6 Å². The van der Waals surface area contributed by atoms with Gasteiger partial charge in [-0.15, -0.1) is 0 Å². The van der Waals surface area contributed by atoms with Gasteiger partial charge in [0.1, 0.15) is 5.75 Å². The van der Waals surface area contributed by atoms with E-state index < -0.39 is 13.9 Å². The van der Waals surface area contributed by atoms with E-state index in [1.54, 1.807) is 0 Å². The quantitative estimate of drug-likeness (QED) is 0.300. The predicted octanol–water partition coefficient (Wildman–Crippen LogP) is 6.84. The number of likely N-dealkylation sites (N-methyl/N-ethyl adjacent to an activating group) is 1. The average Bonchev–Trinajstić information content (AvgIpc) is 2.72. The molecule has 0 N–H and O–H groups in total. The lowest BCUT2D eigenvalue weighted by atomic mass is 9.80. The van der Waals surface area contributed by atoms with Crippen molar-refractivity contribution in [3.8, 4) is 5.75 Å². The van der Waals surface area contributed by atoms with E-state index in [9.17, 15) is 4.79 Å². The molecule has 31 heavy (non-hydrogen) atoms. The summed E-state index contributed by atoms with van der Waals surface area (Å²) in [7, 11) is 2.02. The first-order chi connectivity index (χ1) is 14.4. The molecule has 2 aromatic rings. The Morgan fingerprint density at radius 3 is 2.00 bits per heavy atom. The second-order valence-electron chi connectivity index (χ2n) is 10.3. The third-order valence-electron chi connectivity index (χ3n) is 7.69. The van der Waals surface area contributed by atoms with Gasteiger partial charge in [0.25, 0.3) is 8.32 Å². The normalized spacial score (nSPS) is 14.5. The van der Waals surface area contributed by atoms with Crippen LogP contribution in [0.5, 0.6) is 5.75 Å². The van der Waals surface area contributed by atoms with Crippen LogP contribution >= 0.6 is 0 Å². The lowest BCUT2D eigenvalue weighted by Gasteiger charge is -2.42. The minimum absolute atomic E-state index is 0.138. The molecule has 0 saturated carbocycles. The first-order valence-electron chi connectivity index (χ1n) is 11.4. The molecule has 0 saturated heterocycles. The summed E-state index contributed by atoms with van der Waals surface area (Å²) in [5.74, 6) is 1.56. The Bertz CT molecular complexity index is 857. The molecule has 4 heteroatoms. The summed E-state index contributed by atoms with van der Waals surface area (Å²) in [6, 6.07) is 18.1. The van der Waals surface area contributed by atoms with Gasteiger partial charge < -0.3 is 4.43 Å². The van der Waals surface area contributed by atoms with Crippen molar-refractivity contribution in [2.45, 2.75) is 71.1 Å². The highest BCUT2D eigenvalue weighted by Gasteiger charge is 2.45. The highest BCUT2D eigenvalue weighted by molar-refractivity contribution is 6.75. The van der Waals surface area contributed by atoms with Crippen molar-refractivity contribution in [1.82, 2.24) is 4.90 Å². The molecule has 0 aromatic heterocycles. The molecule has 0 fully saturated rings. The molecule has 2 aromatic carbocycles. The monoisotopic (exact) mass is 439 g/mol. The number of hydrogen-bond acceptors (Lipinski definition) is 3. The highest BCUT2D eigenvalue weighted by Crippen LogP contribution is 2.44. The van der Waals surface area contributed by atoms with Crippen LogP contribution in [0.1, 0.15) is 57.0 Å². The van der Waals surface area contributed by atoms with Crippen molar-refractivity contribution < 1.29 is 9.22 Å². The fourth-order valence-corrected chi connectivity index (χ4v) is 6.42. The summed E-state index contributed by atoms with van der Waals surface area (Å²) in [6.45, 7) is 15.8. The number of rotatable bonds is 10. The van der Waals surface area contributed by atoms with Gasteiger partial charge in [0.15, 0.2) is 5.78 Å². The maximum atomic E-state index is 13.7. The van der Waals surface area contributed by atoms with E-state index in [1.807, 2.05) is 56.6 Å². The lowest BCUT2D eigenvalue weighted by molar-refractivity contribution is 0.0666. The summed E-state index contributed by atoms with van der Waals surface area (Å²) < 4.78 is 6.53. The molecular formula is C27H41NO2Si. The molecular weight excluding hydrogens is 398 g/mol. The maximum absolute atomic E-state index is 13.7. The lowest BCUT2D eigenvalue weighted by Crippen LogP contribution is -2.52. The summed E-state index contributed by atoms with van der Waals surface area (Å²) in [5.41, 5.74) is 1.34. The molecule has 0 aliphatic heterocycles. The standard InChI is InChI=1S/C27H41NO2Si/c1-10-27(28(6)7,20-22-14-12-11-13-15-22)25(29)23-16-18-24(19-17-23)30-31(8,9)26(4,5)21(2)3/h11-19,21H,10,20H2,1-9H3. The van der Waals surface area contributed by atoms with Crippen LogP contribution in [0.4, 0.5) is 0 Å². The van der Waals surface area contributed by atoms with E-state index in [0.717, 1.165) is 17.7 Å². The summed E-state index contributed by atoms with van der Waals surface area (Å²) in [6.07, 6.45) is 1.44. The first-order valence-corrected chi connectivity index (χ1v) is 14.3. The summed E-state index contributed by atoms with van der Waals surface area (Å²) >= 11 is 0. The second kappa shape index (κ2) is 9.70. The molecule has 0 spiro atoms. The van der Waals surface area contributed by atoms with Gasteiger partial charge in [0.05, 0.1) is 5.54 Å². The van der Waals surface area contributed by atoms with Crippen LogP contribution in [-0.2, 0) is 6.42 Å². The Hall–Kier alpha value is -1.91. The fraction of sp³-hybridized carbons (Fsp3) is 0.519. The summed E-state index contributed by atoms with van der Waals surface area (Å²) in [5, 5.41) is 0.138. The zero-order chi connectivity index (χ0) is 23.4. The largest absolute Gasteiger partial charge is 0.543 e. The SMILES string of the molecule is CCC(Cc1ccccc1)(C(=O)c1ccc(O[Si](C)(C)C(C)(C)C(C)C)cc1)N(C)C. The van der Waals surface area contributed by atoms with E-state index in [2.05, 4.69) is 64.7 Å². The number of carbonyl (C=O) groups excluding carboxylic acids is 1. The molecule has 0 aliphatic rings. The molecule has 0 heterocycles. The molecule has 0 aliphatic carbocycles. The van der Waals surface area contributed by atoms with Crippen LogP contribution < -0.4 is 4.43 Å². The topological polar surface area (TPSA) is 29.5 Å². The minimum atomic E-state index is -1.98. The first kappa shape index (κ1) is 25.3. The molecule has 0 bridgehead atoms. The van der Waals surface area contributed by atoms with Crippen molar-refractivity contribution in [2.75, 3.05) is 14.1 Å². The Morgan fingerprint density at radius 2 is 1.55 bits per heavy atom. The van der Waals surface area contributed by atoms with Crippen LogP contribution in [0.2, 0.25) is 18.1 Å². The van der Waals surface area contributed by atoms with E-state index in [0.29, 0.717) is 12.3 Å². The summed E-state index contributed by atoms with van der Waals surface area (Å²) in [4.78, 5) is 15.8. The zero-order valence-electron chi connectivity index (χ0n) is 21.0. The molecule has 2 rings (SSSR count). The van der Waals surface area contributed by atoms with Gasteiger partial charge in [-0.3, -0.25) is 9.69 Å². The maximum Gasteiger partial charge on any atom is 0.251 e. The molecule has 3 nitrogen and oxygen atoms in total. The van der Waals surface area contributed by atoms with Gasteiger partial charge in [0, 0.05) is 5.56 Å². The van der Waals surface area contributed by atoms with Crippen molar-refractivity contribution in [1.29, 1.82) is 0 Å². The molecule has 0 radical (unpaired) electrons. The zero-order valence-corrected chi connectivity index (χ0v) is 22.0. The molecule has 0 amide bonds. The van der Waals surface area contributed by atoms with Crippen molar-refractivity contribution in [2.24, 2.45) is 5.92 Å². The highest BCUT2D eigenvalue weighted by atomic mass is 28.4. The number of nitrogens with zero attached hydrogens (tertiary/aromatic N) is 1.